The van der Waals surface area contributed by atoms with Gasteiger partial charge in [-0.05, 0) is 38.8 Å². The third-order valence-corrected chi connectivity index (χ3v) is 3.99. The maximum Gasteiger partial charge on any atom is 0.201 e. The smallest absolute Gasteiger partial charge is 0.201 e. The highest BCUT2D eigenvalue weighted by molar-refractivity contribution is 5.86. The average Bonchev–Trinajstić information content (AvgIpc) is 2.43. The van der Waals surface area contributed by atoms with E-state index >= 15 is 0 Å². The molecule has 1 aromatic carbocycles. The highest BCUT2D eigenvalue weighted by Crippen LogP contribution is 2.35. The van der Waals surface area contributed by atoms with E-state index in [9.17, 15) is 4.79 Å². The van der Waals surface area contributed by atoms with Crippen molar-refractivity contribution in [3.05, 3.63) is 34.0 Å². The fourth-order valence-corrected chi connectivity index (χ4v) is 2.87. The normalized spacial score (nSPS) is 16.6. The number of hydrogen-bond donors (Lipinski definition) is 0. The molecule has 0 unspecified atom stereocenters. The molecule has 0 radical (unpaired) electrons. The van der Waals surface area contributed by atoms with E-state index in [2.05, 4.69) is 0 Å². The monoisotopic (exact) mass is 273 g/mol. The van der Waals surface area contributed by atoms with Crippen LogP contribution in [0.4, 0.5) is 0 Å². The van der Waals surface area contributed by atoms with Crippen molar-refractivity contribution in [1.82, 2.24) is 4.57 Å². The van der Waals surface area contributed by atoms with E-state index in [-0.39, 0.29) is 11.0 Å². The molecule has 1 aromatic heterocycles. The summed E-state index contributed by atoms with van der Waals surface area (Å²) in [5.41, 5.74) is 1.37. The van der Waals surface area contributed by atoms with Crippen LogP contribution in [-0.2, 0) is 13.5 Å². The molecule has 2 aromatic rings. The Morgan fingerprint density at radius 2 is 2.10 bits per heavy atom. The van der Waals surface area contributed by atoms with Gasteiger partial charge in [0.05, 0.1) is 18.2 Å². The number of ether oxygens (including phenoxy) is 2. The number of rotatable bonds is 1. The first-order chi connectivity index (χ1) is 9.44. The molecule has 106 valence electrons. The molecule has 0 saturated carbocycles. The molecule has 20 heavy (non-hydrogen) atoms. The summed E-state index contributed by atoms with van der Waals surface area (Å²) in [4.78, 5) is 12.7. The Hall–Kier alpha value is -1.97. The molecule has 4 heteroatoms. The van der Waals surface area contributed by atoms with E-state index < -0.39 is 0 Å². The van der Waals surface area contributed by atoms with Crippen LogP contribution in [0.2, 0.25) is 0 Å². The van der Waals surface area contributed by atoms with Gasteiger partial charge in [0, 0.05) is 12.4 Å². The lowest BCUT2D eigenvalue weighted by Crippen LogP contribution is -2.36. The second kappa shape index (κ2) is 4.27. The molecule has 0 spiro atoms. The maximum absolute atomic E-state index is 12.7. The number of pyridine rings is 1. The highest BCUT2D eigenvalue weighted by atomic mass is 16.5. The van der Waals surface area contributed by atoms with Crippen LogP contribution in [0.3, 0.4) is 0 Å². The van der Waals surface area contributed by atoms with Crippen LogP contribution in [0, 0.1) is 0 Å². The van der Waals surface area contributed by atoms with Crippen LogP contribution in [-0.4, -0.2) is 17.3 Å². The number of aryl methyl sites for hydroxylation is 1. The van der Waals surface area contributed by atoms with Gasteiger partial charge in [-0.25, -0.2) is 0 Å². The van der Waals surface area contributed by atoms with E-state index in [1.54, 1.807) is 7.11 Å². The molecule has 2 heterocycles. The van der Waals surface area contributed by atoms with E-state index in [4.69, 9.17) is 9.47 Å². The second-order valence-corrected chi connectivity index (χ2v) is 5.89. The Balaban J connectivity index is 2.41. The number of aromatic nitrogens is 1. The van der Waals surface area contributed by atoms with Crippen molar-refractivity contribution in [2.24, 2.45) is 7.05 Å². The topological polar surface area (TPSA) is 40.5 Å². The molecular weight excluding hydrogens is 254 g/mol. The predicted molar refractivity (Wildman–Crippen MR) is 78.8 cm³/mol. The summed E-state index contributed by atoms with van der Waals surface area (Å²) in [7, 11) is 3.54. The highest BCUT2D eigenvalue weighted by Gasteiger charge is 2.31. The Bertz CT molecular complexity index is 743. The Morgan fingerprint density at radius 1 is 1.35 bits per heavy atom. The second-order valence-electron chi connectivity index (χ2n) is 5.89. The Kier molecular flexibility index (Phi) is 2.78. The number of nitrogens with zero attached hydrogens (tertiary/aromatic N) is 1. The first-order valence-electron chi connectivity index (χ1n) is 6.82. The molecule has 1 aliphatic rings. The molecule has 0 amide bonds. The van der Waals surface area contributed by atoms with Crippen LogP contribution in [0.15, 0.2) is 23.0 Å². The summed E-state index contributed by atoms with van der Waals surface area (Å²) < 4.78 is 13.4. The van der Waals surface area contributed by atoms with Crippen molar-refractivity contribution in [2.75, 3.05) is 7.11 Å². The van der Waals surface area contributed by atoms with Crippen molar-refractivity contribution in [3.8, 4) is 11.6 Å². The molecule has 3 rings (SSSR count). The number of hydrogen-bond acceptors (Lipinski definition) is 3. The summed E-state index contributed by atoms with van der Waals surface area (Å²) >= 11 is 0. The van der Waals surface area contributed by atoms with E-state index in [0.717, 1.165) is 23.9 Å². The van der Waals surface area contributed by atoms with Crippen molar-refractivity contribution >= 4 is 10.9 Å². The fraction of sp³-hybridized carbons (Fsp3) is 0.438. The SMILES string of the molecule is COc1cccc2c(=O)c3c(n(C)c12)OC(C)(C)CC3. The van der Waals surface area contributed by atoms with Gasteiger partial charge >= 0.3 is 0 Å². The van der Waals surface area contributed by atoms with Crippen molar-refractivity contribution < 1.29 is 9.47 Å². The molecule has 4 nitrogen and oxygen atoms in total. The van der Waals surface area contributed by atoms with Gasteiger partial charge < -0.3 is 14.0 Å². The predicted octanol–water partition coefficient (Wildman–Crippen LogP) is 2.65. The van der Waals surface area contributed by atoms with Gasteiger partial charge in [-0.3, -0.25) is 4.79 Å². The van der Waals surface area contributed by atoms with Crippen molar-refractivity contribution in [3.63, 3.8) is 0 Å². The standard InChI is InChI=1S/C16H19NO3/c1-16(2)9-8-11-14(18)10-6-5-7-12(19-4)13(10)17(3)15(11)20-16/h5-7H,8-9H2,1-4H3. The summed E-state index contributed by atoms with van der Waals surface area (Å²) in [6.07, 6.45) is 1.60. The summed E-state index contributed by atoms with van der Waals surface area (Å²) in [6.45, 7) is 4.10. The van der Waals surface area contributed by atoms with Gasteiger partial charge in [0.1, 0.15) is 11.4 Å². The number of methoxy groups -OCH3 is 1. The van der Waals surface area contributed by atoms with Crippen LogP contribution < -0.4 is 14.9 Å². The zero-order valence-corrected chi connectivity index (χ0v) is 12.3. The van der Waals surface area contributed by atoms with Crippen LogP contribution in [0.1, 0.15) is 25.8 Å². The average molecular weight is 273 g/mol. The van der Waals surface area contributed by atoms with Crippen LogP contribution >= 0.6 is 0 Å². The molecule has 1 aliphatic heterocycles. The molecule has 0 atom stereocenters. The lowest BCUT2D eigenvalue weighted by molar-refractivity contribution is 0.0735. The minimum Gasteiger partial charge on any atom is -0.495 e. The first-order valence-corrected chi connectivity index (χ1v) is 6.82. The lowest BCUT2D eigenvalue weighted by Gasteiger charge is -2.33. The molecule has 0 bridgehead atoms. The largest absolute Gasteiger partial charge is 0.495 e. The van der Waals surface area contributed by atoms with Gasteiger partial charge in [-0.1, -0.05) is 6.07 Å². The summed E-state index contributed by atoms with van der Waals surface area (Å²) in [5, 5.41) is 0.689. The molecule has 0 saturated heterocycles. The first kappa shape index (κ1) is 13.0. The third-order valence-electron chi connectivity index (χ3n) is 3.99. The van der Waals surface area contributed by atoms with E-state index in [1.807, 2.05) is 43.7 Å². The van der Waals surface area contributed by atoms with E-state index in [0.29, 0.717) is 17.0 Å². The maximum atomic E-state index is 12.7. The third kappa shape index (κ3) is 1.79. The molecular formula is C16H19NO3. The van der Waals surface area contributed by atoms with Gasteiger partial charge in [0.25, 0.3) is 0 Å². The van der Waals surface area contributed by atoms with Crippen molar-refractivity contribution in [1.29, 1.82) is 0 Å². The van der Waals surface area contributed by atoms with Crippen LogP contribution in [0.25, 0.3) is 10.9 Å². The van der Waals surface area contributed by atoms with Gasteiger partial charge in [0.15, 0.2) is 5.43 Å². The van der Waals surface area contributed by atoms with Gasteiger partial charge in [-0.15, -0.1) is 0 Å². The summed E-state index contributed by atoms with van der Waals surface area (Å²) in [5.74, 6) is 1.36. The van der Waals surface area contributed by atoms with Gasteiger partial charge in [-0.2, -0.15) is 0 Å². The molecule has 0 fully saturated rings. The summed E-state index contributed by atoms with van der Waals surface area (Å²) in [6, 6.07) is 5.56. The Labute approximate surface area is 117 Å². The number of fused-ring (bicyclic) bond motifs is 2. The zero-order valence-electron chi connectivity index (χ0n) is 12.3. The van der Waals surface area contributed by atoms with Gasteiger partial charge in [0.2, 0.25) is 5.88 Å². The molecule has 0 aliphatic carbocycles. The minimum absolute atomic E-state index is 0.0579. The van der Waals surface area contributed by atoms with E-state index in [1.165, 1.54) is 0 Å². The molecule has 0 N–H and O–H groups in total. The van der Waals surface area contributed by atoms with Crippen LogP contribution in [0.5, 0.6) is 11.6 Å². The fourth-order valence-electron chi connectivity index (χ4n) is 2.87. The quantitative estimate of drug-likeness (QED) is 0.802. The van der Waals surface area contributed by atoms with Crippen molar-refractivity contribution in [2.45, 2.75) is 32.3 Å². The Morgan fingerprint density at radius 3 is 2.80 bits per heavy atom. The zero-order chi connectivity index (χ0) is 14.5. The minimum atomic E-state index is -0.243. The lowest BCUT2D eigenvalue weighted by atomic mass is 9.94. The number of para-hydroxylation sites is 1. The number of benzene rings is 1.